The molecular weight excluding hydrogens is 405 g/mol. The van der Waals surface area contributed by atoms with Gasteiger partial charge in [-0.25, -0.2) is 14.4 Å². The predicted octanol–water partition coefficient (Wildman–Crippen LogP) is 4.29. The van der Waals surface area contributed by atoms with Gasteiger partial charge in [0.2, 0.25) is 5.95 Å². The molecule has 1 unspecified atom stereocenters. The van der Waals surface area contributed by atoms with E-state index < -0.39 is 5.82 Å². The second-order valence-corrected chi connectivity index (χ2v) is 7.65. The van der Waals surface area contributed by atoms with Crippen molar-refractivity contribution < 1.29 is 13.9 Å². The summed E-state index contributed by atoms with van der Waals surface area (Å²) in [5.74, 6) is -0.205. The van der Waals surface area contributed by atoms with Crippen LogP contribution < -0.4 is 5.32 Å². The maximum Gasteiger partial charge on any atom is 0.274 e. The van der Waals surface area contributed by atoms with E-state index in [0.29, 0.717) is 35.8 Å². The first-order chi connectivity index (χ1) is 14.5. The van der Waals surface area contributed by atoms with Crippen molar-refractivity contribution in [2.45, 2.75) is 39.3 Å². The van der Waals surface area contributed by atoms with Crippen LogP contribution in [0, 0.1) is 5.82 Å². The molecule has 160 valence electrons. The molecule has 1 amide bonds. The zero-order valence-electron chi connectivity index (χ0n) is 17.6. The van der Waals surface area contributed by atoms with Crippen molar-refractivity contribution >= 4 is 33.4 Å². The van der Waals surface area contributed by atoms with Crippen molar-refractivity contribution in [3.63, 3.8) is 0 Å². The Balaban J connectivity index is 0.00000124. The standard InChI is InChI=1S/C19H20FN5O2S.C2H6/c1-11(12-7-13(20)9-21-8-12)22-19-23-15-4-6-28-17(15)16(24-19)18(26)25-5-3-14(10-25)27-2;1-2/h4,6-9,11,14H,3,5,10H2,1-2H3,(H,22,23,24);1-2H3/t11?,14-;/m1./s1. The molecule has 1 fully saturated rings. The van der Waals surface area contributed by atoms with Crippen LogP contribution in [-0.4, -0.2) is 52.1 Å². The lowest BCUT2D eigenvalue weighted by Crippen LogP contribution is -2.31. The summed E-state index contributed by atoms with van der Waals surface area (Å²) in [7, 11) is 1.66. The lowest BCUT2D eigenvalue weighted by atomic mass is 10.1. The summed E-state index contributed by atoms with van der Waals surface area (Å²) in [5.41, 5.74) is 1.76. The summed E-state index contributed by atoms with van der Waals surface area (Å²) < 4.78 is 19.6. The maximum atomic E-state index is 13.5. The third-order valence-electron chi connectivity index (χ3n) is 4.84. The molecule has 3 aromatic rings. The summed E-state index contributed by atoms with van der Waals surface area (Å²) in [6.45, 7) is 7.06. The minimum absolute atomic E-state index is 0.0581. The monoisotopic (exact) mass is 431 g/mol. The van der Waals surface area contributed by atoms with Crippen molar-refractivity contribution in [3.05, 3.63) is 47.0 Å². The van der Waals surface area contributed by atoms with E-state index in [0.717, 1.165) is 17.3 Å². The Kier molecular flexibility index (Phi) is 7.28. The third-order valence-corrected chi connectivity index (χ3v) is 5.75. The number of thiophene rings is 1. The van der Waals surface area contributed by atoms with Gasteiger partial charge in [0.15, 0.2) is 5.69 Å². The smallest absolute Gasteiger partial charge is 0.274 e. The molecule has 4 rings (SSSR count). The molecule has 2 atom stereocenters. The highest BCUT2D eigenvalue weighted by atomic mass is 32.1. The lowest BCUT2D eigenvalue weighted by molar-refractivity contribution is 0.0721. The van der Waals surface area contributed by atoms with Gasteiger partial charge in [0.25, 0.3) is 5.91 Å². The van der Waals surface area contributed by atoms with Gasteiger partial charge in [-0.05, 0) is 36.4 Å². The molecule has 7 nitrogen and oxygen atoms in total. The van der Waals surface area contributed by atoms with E-state index in [1.54, 1.807) is 18.2 Å². The quantitative estimate of drug-likeness (QED) is 0.649. The number of nitrogens with one attached hydrogen (secondary N) is 1. The molecule has 1 aliphatic rings. The predicted molar refractivity (Wildman–Crippen MR) is 116 cm³/mol. The lowest BCUT2D eigenvalue weighted by Gasteiger charge is -2.18. The van der Waals surface area contributed by atoms with E-state index in [4.69, 9.17) is 4.74 Å². The Morgan fingerprint density at radius 3 is 2.87 bits per heavy atom. The van der Waals surface area contributed by atoms with Crippen LogP contribution in [-0.2, 0) is 4.74 Å². The van der Waals surface area contributed by atoms with E-state index >= 15 is 0 Å². The number of rotatable bonds is 5. The molecule has 1 aliphatic heterocycles. The minimum Gasteiger partial charge on any atom is -0.380 e. The number of amides is 1. The molecule has 30 heavy (non-hydrogen) atoms. The fourth-order valence-electron chi connectivity index (χ4n) is 3.27. The largest absolute Gasteiger partial charge is 0.380 e. The van der Waals surface area contributed by atoms with E-state index in [2.05, 4.69) is 20.3 Å². The fourth-order valence-corrected chi connectivity index (χ4v) is 4.08. The zero-order chi connectivity index (χ0) is 21.7. The average molecular weight is 432 g/mol. The molecule has 0 saturated carbocycles. The van der Waals surface area contributed by atoms with Crippen molar-refractivity contribution in [3.8, 4) is 0 Å². The Bertz CT molecular complexity index is 1010. The van der Waals surface area contributed by atoms with Crippen LogP contribution in [0.25, 0.3) is 10.2 Å². The highest BCUT2D eigenvalue weighted by Gasteiger charge is 2.29. The van der Waals surface area contributed by atoms with Gasteiger partial charge in [0.05, 0.1) is 28.6 Å². The minimum atomic E-state index is -0.405. The number of methoxy groups -OCH3 is 1. The van der Waals surface area contributed by atoms with E-state index in [1.807, 2.05) is 32.2 Å². The topological polar surface area (TPSA) is 80.2 Å². The number of carbonyl (C=O) groups is 1. The number of anilines is 1. The van der Waals surface area contributed by atoms with Crippen LogP contribution >= 0.6 is 11.3 Å². The molecular formula is C21H26FN5O2S. The number of ether oxygens (including phenoxy) is 1. The van der Waals surface area contributed by atoms with Gasteiger partial charge in [-0.15, -0.1) is 11.3 Å². The summed E-state index contributed by atoms with van der Waals surface area (Å²) >= 11 is 1.44. The Labute approximate surface area is 179 Å². The van der Waals surface area contributed by atoms with Gasteiger partial charge in [-0.2, -0.15) is 0 Å². The average Bonchev–Trinajstić information content (AvgIpc) is 3.43. The molecule has 0 radical (unpaired) electrons. The molecule has 0 bridgehead atoms. The van der Waals surface area contributed by atoms with Crippen LogP contribution in [0.5, 0.6) is 0 Å². The van der Waals surface area contributed by atoms with Gasteiger partial charge in [0, 0.05) is 26.4 Å². The van der Waals surface area contributed by atoms with Crippen LogP contribution in [0.15, 0.2) is 29.9 Å². The van der Waals surface area contributed by atoms with Crippen LogP contribution in [0.2, 0.25) is 0 Å². The van der Waals surface area contributed by atoms with Crippen LogP contribution in [0.4, 0.5) is 10.3 Å². The van der Waals surface area contributed by atoms with E-state index in [9.17, 15) is 9.18 Å². The number of halogens is 1. The third kappa shape index (κ3) is 4.73. The van der Waals surface area contributed by atoms with E-state index in [1.165, 1.54) is 17.4 Å². The summed E-state index contributed by atoms with van der Waals surface area (Å²) in [6, 6.07) is 3.00. The Hall–Kier alpha value is -2.65. The Morgan fingerprint density at radius 2 is 2.17 bits per heavy atom. The van der Waals surface area contributed by atoms with Crippen LogP contribution in [0.3, 0.4) is 0 Å². The fraction of sp³-hybridized carbons (Fsp3) is 0.429. The highest BCUT2D eigenvalue weighted by Crippen LogP contribution is 2.27. The second kappa shape index (κ2) is 9.90. The first kappa shape index (κ1) is 22.0. The van der Waals surface area contributed by atoms with Crippen molar-refractivity contribution in [2.75, 3.05) is 25.5 Å². The van der Waals surface area contributed by atoms with Crippen molar-refractivity contribution in [2.24, 2.45) is 0 Å². The van der Waals surface area contributed by atoms with Gasteiger partial charge in [-0.3, -0.25) is 9.78 Å². The molecule has 4 heterocycles. The number of hydrogen-bond donors (Lipinski definition) is 1. The summed E-state index contributed by atoms with van der Waals surface area (Å²) in [6.07, 6.45) is 3.62. The summed E-state index contributed by atoms with van der Waals surface area (Å²) in [5, 5.41) is 5.04. The van der Waals surface area contributed by atoms with Gasteiger partial charge in [0.1, 0.15) is 5.82 Å². The first-order valence-corrected chi connectivity index (χ1v) is 10.9. The molecule has 1 N–H and O–H groups in total. The van der Waals surface area contributed by atoms with Gasteiger partial charge >= 0.3 is 0 Å². The van der Waals surface area contributed by atoms with Crippen LogP contribution in [0.1, 0.15) is 49.3 Å². The van der Waals surface area contributed by atoms with Gasteiger partial charge in [-0.1, -0.05) is 13.8 Å². The van der Waals surface area contributed by atoms with Crippen molar-refractivity contribution in [1.29, 1.82) is 0 Å². The highest BCUT2D eigenvalue weighted by molar-refractivity contribution is 7.17. The maximum absolute atomic E-state index is 13.5. The van der Waals surface area contributed by atoms with Crippen molar-refractivity contribution in [1.82, 2.24) is 19.9 Å². The Morgan fingerprint density at radius 1 is 1.37 bits per heavy atom. The SMILES string of the molecule is CC.CO[C@@H]1CCN(C(=O)c2nc(NC(C)c3cncc(F)c3)nc3ccsc23)C1. The number of nitrogens with zero attached hydrogens (tertiary/aromatic N) is 4. The number of hydrogen-bond acceptors (Lipinski definition) is 7. The number of fused-ring (bicyclic) bond motifs is 1. The first-order valence-electron chi connectivity index (χ1n) is 9.99. The number of pyridine rings is 1. The molecule has 0 aliphatic carbocycles. The normalized spacial score (nSPS) is 16.8. The molecule has 0 spiro atoms. The molecule has 0 aromatic carbocycles. The second-order valence-electron chi connectivity index (χ2n) is 6.73. The zero-order valence-corrected chi connectivity index (χ0v) is 18.4. The van der Waals surface area contributed by atoms with Gasteiger partial charge < -0.3 is 15.0 Å². The molecule has 1 saturated heterocycles. The number of carbonyl (C=O) groups excluding carboxylic acids is 1. The molecule has 9 heteroatoms. The summed E-state index contributed by atoms with van der Waals surface area (Å²) in [4.78, 5) is 27.7. The number of aromatic nitrogens is 3. The molecule has 3 aromatic heterocycles. The number of likely N-dealkylation sites (tertiary alicyclic amines) is 1. The van der Waals surface area contributed by atoms with E-state index in [-0.39, 0.29) is 18.1 Å².